The SMILES string of the molecule is O=C(CSc1nnnn1-c1ccccc1)N1CCN(Cc2ccc3c(c2)OCO3)CC1. The first-order valence-corrected chi connectivity index (χ1v) is 11.1. The van der Waals surface area contributed by atoms with Crippen molar-refractivity contribution in [1.29, 1.82) is 0 Å². The minimum atomic E-state index is 0.107. The third kappa shape index (κ3) is 4.49. The van der Waals surface area contributed by atoms with Crippen molar-refractivity contribution in [2.45, 2.75) is 11.7 Å². The van der Waals surface area contributed by atoms with Gasteiger partial charge in [0.25, 0.3) is 0 Å². The highest BCUT2D eigenvalue weighted by atomic mass is 32.2. The summed E-state index contributed by atoms with van der Waals surface area (Å²) in [5.74, 6) is 2.03. The van der Waals surface area contributed by atoms with Crippen molar-refractivity contribution in [3.05, 3.63) is 54.1 Å². The van der Waals surface area contributed by atoms with Gasteiger partial charge in [0.15, 0.2) is 11.5 Å². The van der Waals surface area contributed by atoms with E-state index in [1.807, 2.05) is 47.4 Å². The standard InChI is InChI=1S/C21H22N6O3S/c28-20(14-31-21-22-23-24-27(21)17-4-2-1-3-5-17)26-10-8-25(9-11-26)13-16-6-7-18-19(12-16)30-15-29-18/h1-7,12H,8-11,13-15H2. The number of benzene rings is 2. The second-order valence-electron chi connectivity index (χ2n) is 7.34. The maximum atomic E-state index is 12.7. The number of amides is 1. The Hall–Kier alpha value is -3.11. The molecule has 2 aromatic carbocycles. The zero-order valence-electron chi connectivity index (χ0n) is 16.9. The van der Waals surface area contributed by atoms with E-state index in [0.717, 1.165) is 36.8 Å². The molecule has 0 spiro atoms. The topological polar surface area (TPSA) is 85.6 Å². The van der Waals surface area contributed by atoms with Crippen molar-refractivity contribution in [2.75, 3.05) is 38.7 Å². The average molecular weight is 439 g/mol. The van der Waals surface area contributed by atoms with Crippen LogP contribution in [0.4, 0.5) is 0 Å². The van der Waals surface area contributed by atoms with Gasteiger partial charge in [-0.2, -0.15) is 4.68 Å². The number of hydrogen-bond donors (Lipinski definition) is 0. The molecule has 0 bridgehead atoms. The zero-order valence-corrected chi connectivity index (χ0v) is 17.7. The van der Waals surface area contributed by atoms with Gasteiger partial charge in [-0.15, -0.1) is 5.10 Å². The Labute approximate surface area is 183 Å². The number of aromatic nitrogens is 4. The summed E-state index contributed by atoms with van der Waals surface area (Å²) in [6.45, 7) is 4.23. The largest absolute Gasteiger partial charge is 0.454 e. The predicted octanol–water partition coefficient (Wildman–Crippen LogP) is 1.83. The molecular weight excluding hydrogens is 416 g/mol. The van der Waals surface area contributed by atoms with Crippen molar-refractivity contribution in [2.24, 2.45) is 0 Å². The van der Waals surface area contributed by atoms with Gasteiger partial charge in [-0.1, -0.05) is 36.0 Å². The summed E-state index contributed by atoms with van der Waals surface area (Å²) < 4.78 is 12.5. The molecule has 1 fully saturated rings. The van der Waals surface area contributed by atoms with Crippen LogP contribution < -0.4 is 9.47 Å². The number of thioether (sulfide) groups is 1. The number of rotatable bonds is 6. The lowest BCUT2D eigenvalue weighted by atomic mass is 10.1. The Morgan fingerprint density at radius 3 is 2.65 bits per heavy atom. The summed E-state index contributed by atoms with van der Waals surface area (Å²) in [6, 6.07) is 15.7. The van der Waals surface area contributed by atoms with E-state index in [2.05, 4.69) is 26.5 Å². The summed E-state index contributed by atoms with van der Waals surface area (Å²) >= 11 is 1.36. The van der Waals surface area contributed by atoms with Crippen LogP contribution in [0.5, 0.6) is 11.5 Å². The Kier molecular flexibility index (Phi) is 5.72. The summed E-state index contributed by atoms with van der Waals surface area (Å²) in [6.07, 6.45) is 0. The molecule has 3 aromatic rings. The van der Waals surface area contributed by atoms with Gasteiger partial charge >= 0.3 is 0 Å². The Bertz CT molecular complexity index is 1050. The molecule has 160 valence electrons. The first-order valence-electron chi connectivity index (χ1n) is 10.1. The van der Waals surface area contributed by atoms with Crippen LogP contribution >= 0.6 is 11.8 Å². The van der Waals surface area contributed by atoms with E-state index >= 15 is 0 Å². The molecule has 1 saturated heterocycles. The lowest BCUT2D eigenvalue weighted by Gasteiger charge is -2.34. The number of hydrogen-bond acceptors (Lipinski definition) is 8. The van der Waals surface area contributed by atoms with Crippen molar-refractivity contribution >= 4 is 17.7 Å². The minimum Gasteiger partial charge on any atom is -0.454 e. The van der Waals surface area contributed by atoms with Crippen LogP contribution in [0.2, 0.25) is 0 Å². The molecule has 31 heavy (non-hydrogen) atoms. The third-order valence-electron chi connectivity index (χ3n) is 5.33. The fourth-order valence-electron chi connectivity index (χ4n) is 3.67. The summed E-state index contributed by atoms with van der Waals surface area (Å²) in [5.41, 5.74) is 2.06. The van der Waals surface area contributed by atoms with E-state index < -0.39 is 0 Å². The number of para-hydroxylation sites is 1. The number of carbonyl (C=O) groups excluding carboxylic acids is 1. The number of nitrogens with zero attached hydrogens (tertiary/aromatic N) is 6. The highest BCUT2D eigenvalue weighted by molar-refractivity contribution is 7.99. The molecule has 2 aliphatic rings. The van der Waals surface area contributed by atoms with Crippen LogP contribution in [-0.4, -0.2) is 74.6 Å². The first kappa shape index (κ1) is 19.8. The molecule has 0 unspecified atom stereocenters. The van der Waals surface area contributed by atoms with Crippen molar-refractivity contribution in [1.82, 2.24) is 30.0 Å². The lowest BCUT2D eigenvalue weighted by molar-refractivity contribution is -0.130. The molecule has 1 amide bonds. The van der Waals surface area contributed by atoms with Crippen LogP contribution in [0.1, 0.15) is 5.56 Å². The van der Waals surface area contributed by atoms with Crippen LogP contribution in [0.3, 0.4) is 0 Å². The Balaban J connectivity index is 1.11. The summed E-state index contributed by atoms with van der Waals surface area (Å²) in [5, 5.41) is 12.5. The first-order chi connectivity index (χ1) is 15.3. The number of ether oxygens (including phenoxy) is 2. The van der Waals surface area contributed by atoms with Crippen LogP contribution in [0, 0.1) is 0 Å². The summed E-state index contributed by atoms with van der Waals surface area (Å²) in [7, 11) is 0. The van der Waals surface area contributed by atoms with Gasteiger partial charge in [0.05, 0.1) is 11.4 Å². The lowest BCUT2D eigenvalue weighted by Crippen LogP contribution is -2.48. The molecule has 5 rings (SSSR count). The second kappa shape index (κ2) is 8.94. The zero-order chi connectivity index (χ0) is 21.0. The highest BCUT2D eigenvalue weighted by Crippen LogP contribution is 2.32. The molecule has 0 saturated carbocycles. The second-order valence-corrected chi connectivity index (χ2v) is 8.28. The molecule has 0 N–H and O–H groups in total. The van der Waals surface area contributed by atoms with Gasteiger partial charge in [0.1, 0.15) is 0 Å². The van der Waals surface area contributed by atoms with E-state index in [1.54, 1.807) is 4.68 Å². The van der Waals surface area contributed by atoms with Crippen molar-refractivity contribution < 1.29 is 14.3 Å². The highest BCUT2D eigenvalue weighted by Gasteiger charge is 2.23. The number of fused-ring (bicyclic) bond motifs is 1. The average Bonchev–Trinajstić information content (AvgIpc) is 3.47. The molecule has 10 heteroatoms. The molecule has 0 atom stereocenters. The molecular formula is C21H22N6O3S. The smallest absolute Gasteiger partial charge is 0.233 e. The van der Waals surface area contributed by atoms with E-state index in [9.17, 15) is 4.79 Å². The Morgan fingerprint density at radius 1 is 1.00 bits per heavy atom. The molecule has 1 aromatic heterocycles. The maximum absolute atomic E-state index is 12.7. The van der Waals surface area contributed by atoms with Gasteiger partial charge in [0.2, 0.25) is 17.9 Å². The van der Waals surface area contributed by atoms with Gasteiger partial charge in [0, 0.05) is 32.7 Å². The van der Waals surface area contributed by atoms with E-state index in [-0.39, 0.29) is 12.7 Å². The molecule has 0 radical (unpaired) electrons. The van der Waals surface area contributed by atoms with Gasteiger partial charge in [-0.05, 0) is 40.3 Å². The van der Waals surface area contributed by atoms with E-state index in [0.29, 0.717) is 24.0 Å². The van der Waals surface area contributed by atoms with Gasteiger partial charge in [-0.25, -0.2) is 0 Å². The molecule has 0 aliphatic carbocycles. The monoisotopic (exact) mass is 438 g/mol. The number of carbonyl (C=O) groups is 1. The fraction of sp³-hybridized carbons (Fsp3) is 0.333. The molecule has 3 heterocycles. The van der Waals surface area contributed by atoms with Gasteiger partial charge < -0.3 is 14.4 Å². The van der Waals surface area contributed by atoms with Crippen molar-refractivity contribution in [3.63, 3.8) is 0 Å². The van der Waals surface area contributed by atoms with E-state index in [1.165, 1.54) is 17.3 Å². The van der Waals surface area contributed by atoms with Crippen LogP contribution in [0.15, 0.2) is 53.7 Å². The number of piperazine rings is 1. The summed E-state index contributed by atoms with van der Waals surface area (Å²) in [4.78, 5) is 17.0. The molecule has 9 nitrogen and oxygen atoms in total. The predicted molar refractivity (Wildman–Crippen MR) is 114 cm³/mol. The quantitative estimate of drug-likeness (QED) is 0.539. The van der Waals surface area contributed by atoms with Crippen LogP contribution in [-0.2, 0) is 11.3 Å². The normalized spacial score (nSPS) is 15.9. The number of tetrazole rings is 1. The third-order valence-corrected chi connectivity index (χ3v) is 6.24. The Morgan fingerprint density at radius 2 is 1.81 bits per heavy atom. The molecule has 2 aliphatic heterocycles. The minimum absolute atomic E-state index is 0.107. The van der Waals surface area contributed by atoms with Crippen molar-refractivity contribution in [3.8, 4) is 17.2 Å². The fourth-order valence-corrected chi connectivity index (χ4v) is 4.46. The maximum Gasteiger partial charge on any atom is 0.233 e. The van der Waals surface area contributed by atoms with Crippen LogP contribution in [0.25, 0.3) is 5.69 Å². The van der Waals surface area contributed by atoms with Gasteiger partial charge in [-0.3, -0.25) is 9.69 Å². The van der Waals surface area contributed by atoms with E-state index in [4.69, 9.17) is 9.47 Å².